The van der Waals surface area contributed by atoms with Crippen molar-refractivity contribution in [1.29, 1.82) is 0 Å². The molecule has 1 aromatic rings. The van der Waals surface area contributed by atoms with Crippen molar-refractivity contribution < 1.29 is 9.59 Å². The van der Waals surface area contributed by atoms with E-state index in [1.54, 1.807) is 24.3 Å². The summed E-state index contributed by atoms with van der Waals surface area (Å²) in [7, 11) is 0. The molecule has 0 spiro atoms. The molecule has 0 heterocycles. The van der Waals surface area contributed by atoms with Crippen LogP contribution in [0, 0.1) is 0 Å². The van der Waals surface area contributed by atoms with Gasteiger partial charge in [0.15, 0.2) is 0 Å². The van der Waals surface area contributed by atoms with Gasteiger partial charge in [0, 0.05) is 4.47 Å². The summed E-state index contributed by atoms with van der Waals surface area (Å²) < 4.78 is 0.725. The highest BCUT2D eigenvalue weighted by Gasteiger charge is 2.17. The first-order valence-corrected chi connectivity index (χ1v) is 4.46. The topological polar surface area (TPSA) is 89.4 Å². The molecular weight excluding hydrogens is 250 g/mol. The van der Waals surface area contributed by atoms with E-state index in [4.69, 9.17) is 11.5 Å². The number of nitrogens with zero attached hydrogens (tertiary/aromatic N) is 1. The van der Waals surface area contributed by atoms with Gasteiger partial charge in [-0.25, -0.2) is 14.5 Å². The molecule has 0 atom stereocenters. The molecule has 4 amide bonds. The summed E-state index contributed by atoms with van der Waals surface area (Å²) in [6.07, 6.45) is 0. The first kappa shape index (κ1) is 10.5. The third-order valence-electron chi connectivity index (χ3n) is 1.51. The number of carbonyl (C=O) groups excluding carboxylic acids is 2. The summed E-state index contributed by atoms with van der Waals surface area (Å²) in [4.78, 5) is 22.5. The number of carbonyl (C=O) groups is 2. The van der Waals surface area contributed by atoms with Crippen molar-refractivity contribution in [3.05, 3.63) is 28.7 Å². The Morgan fingerprint density at radius 3 is 2.21 bits per heavy atom. The van der Waals surface area contributed by atoms with E-state index >= 15 is 0 Å². The maximum Gasteiger partial charge on any atom is 0.327 e. The van der Waals surface area contributed by atoms with E-state index in [1.807, 2.05) is 0 Å². The van der Waals surface area contributed by atoms with Gasteiger partial charge in [-0.15, -0.1) is 0 Å². The smallest absolute Gasteiger partial charge is 0.327 e. The van der Waals surface area contributed by atoms with Gasteiger partial charge in [0.2, 0.25) is 0 Å². The summed E-state index contributed by atoms with van der Waals surface area (Å²) in [5.74, 6) is 0. The van der Waals surface area contributed by atoms with E-state index in [1.165, 1.54) is 0 Å². The molecule has 4 N–H and O–H groups in total. The van der Waals surface area contributed by atoms with Crippen LogP contribution in [0.15, 0.2) is 28.7 Å². The Bertz CT molecular complexity index is 367. The number of benzene rings is 1. The van der Waals surface area contributed by atoms with Gasteiger partial charge in [-0.1, -0.05) is 22.0 Å². The maximum atomic E-state index is 10.9. The van der Waals surface area contributed by atoms with Gasteiger partial charge < -0.3 is 11.5 Å². The molecule has 0 aliphatic heterocycles. The van der Waals surface area contributed by atoms with Crippen molar-refractivity contribution in [3.63, 3.8) is 0 Å². The molecule has 6 heteroatoms. The SMILES string of the molecule is NC(=O)N(C(N)=O)c1cccc(Br)c1. The van der Waals surface area contributed by atoms with E-state index in [-0.39, 0.29) is 0 Å². The molecule has 0 bridgehead atoms. The lowest BCUT2D eigenvalue weighted by molar-refractivity contribution is 0.243. The summed E-state index contributed by atoms with van der Waals surface area (Å²) >= 11 is 3.20. The number of halogens is 1. The Balaban J connectivity index is 3.12. The molecule has 5 nitrogen and oxygen atoms in total. The number of rotatable bonds is 1. The van der Waals surface area contributed by atoms with Crippen LogP contribution >= 0.6 is 15.9 Å². The largest absolute Gasteiger partial charge is 0.351 e. The van der Waals surface area contributed by atoms with Crippen LogP contribution in [0.5, 0.6) is 0 Å². The number of hydrogen-bond acceptors (Lipinski definition) is 2. The fourth-order valence-corrected chi connectivity index (χ4v) is 1.37. The minimum absolute atomic E-state index is 0.333. The van der Waals surface area contributed by atoms with Crippen LogP contribution in [0.1, 0.15) is 0 Å². The molecule has 0 saturated heterocycles. The Morgan fingerprint density at radius 2 is 1.79 bits per heavy atom. The van der Waals surface area contributed by atoms with Gasteiger partial charge in [0.1, 0.15) is 0 Å². The third kappa shape index (κ3) is 2.23. The van der Waals surface area contributed by atoms with Crippen LogP contribution < -0.4 is 16.4 Å². The van der Waals surface area contributed by atoms with Crippen LogP contribution in [0.25, 0.3) is 0 Å². The number of primary amides is 2. The van der Waals surface area contributed by atoms with Crippen molar-refractivity contribution in [3.8, 4) is 0 Å². The molecule has 0 radical (unpaired) electrons. The molecule has 0 aliphatic carbocycles. The second-order valence-electron chi connectivity index (χ2n) is 2.49. The second-order valence-corrected chi connectivity index (χ2v) is 3.41. The van der Waals surface area contributed by atoms with Crippen LogP contribution in [0.4, 0.5) is 15.3 Å². The number of anilines is 1. The summed E-state index contributed by atoms with van der Waals surface area (Å²) in [5.41, 5.74) is 10.3. The zero-order chi connectivity index (χ0) is 10.7. The Kier molecular flexibility index (Phi) is 3.08. The van der Waals surface area contributed by atoms with Crippen molar-refractivity contribution >= 4 is 33.7 Å². The molecule has 0 fully saturated rings. The standard InChI is InChI=1S/C8H8BrN3O2/c9-5-2-1-3-6(4-5)12(7(10)13)8(11)14/h1-4H,(H2,10,13)(H2,11,14). The van der Waals surface area contributed by atoms with Crippen molar-refractivity contribution in [2.75, 3.05) is 4.90 Å². The quantitative estimate of drug-likeness (QED) is 0.797. The van der Waals surface area contributed by atoms with Gasteiger partial charge >= 0.3 is 12.1 Å². The van der Waals surface area contributed by atoms with Crippen LogP contribution in [-0.4, -0.2) is 12.1 Å². The predicted molar refractivity (Wildman–Crippen MR) is 55.8 cm³/mol. The lowest BCUT2D eigenvalue weighted by Gasteiger charge is -2.15. The first-order valence-electron chi connectivity index (χ1n) is 3.67. The third-order valence-corrected chi connectivity index (χ3v) is 2.00. The molecule has 0 unspecified atom stereocenters. The summed E-state index contributed by atoms with van der Waals surface area (Å²) in [6, 6.07) is 4.73. The van der Waals surface area contributed by atoms with Crippen molar-refractivity contribution in [1.82, 2.24) is 0 Å². The Hall–Kier alpha value is -1.56. The normalized spacial score (nSPS) is 9.50. The van der Waals surface area contributed by atoms with Crippen molar-refractivity contribution in [2.45, 2.75) is 0 Å². The van der Waals surface area contributed by atoms with Gasteiger partial charge in [-0.05, 0) is 18.2 Å². The van der Waals surface area contributed by atoms with E-state index in [0.29, 0.717) is 10.6 Å². The van der Waals surface area contributed by atoms with E-state index in [2.05, 4.69) is 15.9 Å². The van der Waals surface area contributed by atoms with Crippen LogP contribution in [-0.2, 0) is 0 Å². The number of imide groups is 1. The molecule has 0 aromatic heterocycles. The Labute approximate surface area is 88.8 Å². The molecule has 0 saturated carbocycles. The Morgan fingerprint density at radius 1 is 1.21 bits per heavy atom. The lowest BCUT2D eigenvalue weighted by Crippen LogP contribution is -2.44. The zero-order valence-electron chi connectivity index (χ0n) is 7.11. The van der Waals surface area contributed by atoms with Gasteiger partial charge in [-0.3, -0.25) is 0 Å². The molecular formula is C8H8BrN3O2. The van der Waals surface area contributed by atoms with Crippen LogP contribution in [0.2, 0.25) is 0 Å². The molecule has 0 aliphatic rings. The van der Waals surface area contributed by atoms with Crippen molar-refractivity contribution in [2.24, 2.45) is 11.5 Å². The first-order chi connectivity index (χ1) is 6.52. The number of urea groups is 2. The fourth-order valence-electron chi connectivity index (χ4n) is 0.978. The second kappa shape index (κ2) is 4.10. The highest BCUT2D eigenvalue weighted by molar-refractivity contribution is 9.10. The molecule has 74 valence electrons. The number of amides is 4. The van der Waals surface area contributed by atoms with Gasteiger partial charge in [0.25, 0.3) is 0 Å². The fraction of sp³-hybridized carbons (Fsp3) is 0. The summed E-state index contributed by atoms with van der Waals surface area (Å²) in [6.45, 7) is 0. The number of nitrogens with two attached hydrogens (primary N) is 2. The predicted octanol–water partition coefficient (Wildman–Crippen LogP) is 1.41. The molecule has 1 rings (SSSR count). The molecule has 1 aromatic carbocycles. The summed E-state index contributed by atoms with van der Waals surface area (Å²) in [5, 5.41) is 0. The lowest BCUT2D eigenvalue weighted by atomic mass is 10.3. The minimum atomic E-state index is -0.907. The number of hydrogen-bond donors (Lipinski definition) is 2. The monoisotopic (exact) mass is 257 g/mol. The zero-order valence-corrected chi connectivity index (χ0v) is 8.69. The van der Waals surface area contributed by atoms with E-state index in [9.17, 15) is 9.59 Å². The van der Waals surface area contributed by atoms with Gasteiger partial charge in [-0.2, -0.15) is 0 Å². The van der Waals surface area contributed by atoms with Gasteiger partial charge in [0.05, 0.1) is 5.69 Å². The van der Waals surface area contributed by atoms with Crippen LogP contribution in [0.3, 0.4) is 0 Å². The highest BCUT2D eigenvalue weighted by atomic mass is 79.9. The average Bonchev–Trinajstić information content (AvgIpc) is 2.02. The minimum Gasteiger partial charge on any atom is -0.351 e. The molecule has 14 heavy (non-hydrogen) atoms. The van der Waals surface area contributed by atoms with E-state index in [0.717, 1.165) is 4.47 Å². The van der Waals surface area contributed by atoms with E-state index < -0.39 is 12.1 Å². The highest BCUT2D eigenvalue weighted by Crippen LogP contribution is 2.19. The maximum absolute atomic E-state index is 10.9. The average molecular weight is 258 g/mol.